The van der Waals surface area contributed by atoms with Gasteiger partial charge in [-0.2, -0.15) is 5.26 Å². The van der Waals surface area contributed by atoms with Gasteiger partial charge in [-0.05, 0) is 35.9 Å². The van der Waals surface area contributed by atoms with Gasteiger partial charge in [0.15, 0.2) is 11.5 Å². The van der Waals surface area contributed by atoms with Crippen molar-refractivity contribution in [2.24, 2.45) is 0 Å². The monoisotopic (exact) mass is 471 g/mol. The number of amides is 1. The molecular weight excluding hydrogens is 450 g/mol. The number of nitrogens with zero attached hydrogens (tertiary/aromatic N) is 3. The average molecular weight is 472 g/mol. The van der Waals surface area contributed by atoms with E-state index >= 15 is 0 Å². The van der Waals surface area contributed by atoms with E-state index < -0.39 is 5.92 Å². The highest BCUT2D eigenvalue weighted by Gasteiger charge is 2.39. The fourth-order valence-corrected chi connectivity index (χ4v) is 5.34. The van der Waals surface area contributed by atoms with E-state index in [1.54, 1.807) is 31.3 Å². The first kappa shape index (κ1) is 22.2. The second-order valence-corrected chi connectivity index (χ2v) is 8.67. The molecule has 0 unspecified atom stereocenters. The lowest BCUT2D eigenvalue weighted by atomic mass is 9.86. The number of allylic oxidation sites excluding steroid dienone is 1. The number of carbonyl (C=O) groups excluding carboxylic acids is 1. The third kappa shape index (κ3) is 3.94. The van der Waals surface area contributed by atoms with Crippen molar-refractivity contribution >= 4 is 35.0 Å². The Labute approximate surface area is 196 Å². The molecule has 2 aliphatic heterocycles. The topological polar surface area (TPSA) is 75.0 Å². The van der Waals surface area contributed by atoms with Gasteiger partial charge in [-0.25, -0.2) is 0 Å². The third-order valence-electron chi connectivity index (χ3n) is 5.56. The molecule has 0 N–H and O–H groups in total. The van der Waals surface area contributed by atoms with Crippen LogP contribution in [0.5, 0.6) is 17.2 Å². The minimum atomic E-state index is -0.391. The zero-order valence-electron chi connectivity index (χ0n) is 17.9. The Morgan fingerprint density at radius 1 is 1.12 bits per heavy atom. The van der Waals surface area contributed by atoms with Crippen LogP contribution in [0.15, 0.2) is 47.0 Å². The van der Waals surface area contributed by atoms with Crippen molar-refractivity contribution in [1.82, 2.24) is 4.90 Å². The van der Waals surface area contributed by atoms with Crippen molar-refractivity contribution in [2.75, 3.05) is 38.8 Å². The third-order valence-corrected chi connectivity index (χ3v) is 6.95. The molecule has 2 heterocycles. The number of anilines is 1. The molecule has 4 rings (SSSR count). The van der Waals surface area contributed by atoms with Crippen LogP contribution in [0.2, 0.25) is 5.02 Å². The number of hydrogen-bond acceptors (Lipinski definition) is 7. The van der Waals surface area contributed by atoms with Gasteiger partial charge >= 0.3 is 0 Å². The molecule has 0 radical (unpaired) electrons. The maximum absolute atomic E-state index is 13.2. The van der Waals surface area contributed by atoms with Gasteiger partial charge in [0, 0.05) is 23.0 Å². The Bertz CT molecular complexity index is 1110. The number of benzene rings is 2. The molecule has 1 atom stereocenters. The van der Waals surface area contributed by atoms with Crippen LogP contribution in [-0.2, 0) is 4.79 Å². The lowest BCUT2D eigenvalue weighted by Gasteiger charge is -2.42. The molecule has 0 saturated carbocycles. The number of ether oxygens (including phenoxy) is 3. The molecule has 0 aliphatic carbocycles. The minimum Gasteiger partial charge on any atom is -0.493 e. The highest BCUT2D eigenvalue weighted by atomic mass is 35.5. The molecule has 166 valence electrons. The smallest absolute Gasteiger partial charge is 0.229 e. The van der Waals surface area contributed by atoms with Crippen molar-refractivity contribution in [2.45, 2.75) is 12.3 Å². The number of carbonyl (C=O) groups is 1. The first-order valence-corrected chi connectivity index (χ1v) is 11.2. The zero-order valence-corrected chi connectivity index (χ0v) is 19.5. The Morgan fingerprint density at radius 2 is 1.84 bits per heavy atom. The number of methoxy groups -OCH3 is 3. The average Bonchev–Trinajstić information content (AvgIpc) is 2.82. The van der Waals surface area contributed by atoms with Gasteiger partial charge in [-0.15, -0.1) is 0 Å². The molecule has 7 nitrogen and oxygen atoms in total. The van der Waals surface area contributed by atoms with Gasteiger partial charge in [0.1, 0.15) is 0 Å². The summed E-state index contributed by atoms with van der Waals surface area (Å²) in [5.74, 6) is 1.62. The summed E-state index contributed by atoms with van der Waals surface area (Å²) in [6.45, 7) is 0.370. The molecule has 2 aromatic rings. The second kappa shape index (κ2) is 9.23. The number of nitriles is 1. The van der Waals surface area contributed by atoms with E-state index in [1.807, 2.05) is 24.3 Å². The molecular formula is C23H22ClN3O4S. The summed E-state index contributed by atoms with van der Waals surface area (Å²) in [6, 6.07) is 13.5. The van der Waals surface area contributed by atoms with Crippen LogP contribution in [0.25, 0.3) is 0 Å². The van der Waals surface area contributed by atoms with Crippen LogP contribution in [0.4, 0.5) is 5.69 Å². The van der Waals surface area contributed by atoms with E-state index in [0.29, 0.717) is 45.4 Å². The van der Waals surface area contributed by atoms with Gasteiger partial charge in [0.2, 0.25) is 11.7 Å². The molecule has 32 heavy (non-hydrogen) atoms. The summed E-state index contributed by atoms with van der Waals surface area (Å²) in [5, 5.41) is 11.4. The van der Waals surface area contributed by atoms with Gasteiger partial charge in [-0.3, -0.25) is 9.69 Å². The van der Waals surface area contributed by atoms with Crippen molar-refractivity contribution < 1.29 is 19.0 Å². The largest absolute Gasteiger partial charge is 0.493 e. The van der Waals surface area contributed by atoms with Crippen molar-refractivity contribution in [3.63, 3.8) is 0 Å². The number of fused-ring (bicyclic) bond motifs is 1. The van der Waals surface area contributed by atoms with E-state index in [1.165, 1.54) is 18.9 Å². The Hall–Kier alpha value is -3.02. The Morgan fingerprint density at radius 3 is 2.44 bits per heavy atom. The first-order valence-electron chi connectivity index (χ1n) is 9.88. The molecule has 9 heteroatoms. The summed E-state index contributed by atoms with van der Waals surface area (Å²) in [6.07, 6.45) is 0.176. The molecule has 0 bridgehead atoms. The van der Waals surface area contributed by atoms with Gasteiger partial charge in [0.25, 0.3) is 0 Å². The summed E-state index contributed by atoms with van der Waals surface area (Å²) in [5.41, 5.74) is 2.27. The van der Waals surface area contributed by atoms with Crippen LogP contribution < -0.4 is 19.1 Å². The lowest BCUT2D eigenvalue weighted by molar-refractivity contribution is -0.129. The molecule has 2 aromatic carbocycles. The molecule has 2 aliphatic rings. The predicted octanol–water partition coefficient (Wildman–Crippen LogP) is 4.59. The van der Waals surface area contributed by atoms with Crippen molar-refractivity contribution in [1.29, 1.82) is 5.26 Å². The first-order chi connectivity index (χ1) is 15.5. The van der Waals surface area contributed by atoms with E-state index in [0.717, 1.165) is 11.3 Å². The minimum absolute atomic E-state index is 0.0445. The summed E-state index contributed by atoms with van der Waals surface area (Å²) in [7, 11) is 4.62. The maximum atomic E-state index is 13.2. The number of halogens is 1. The van der Waals surface area contributed by atoms with Gasteiger partial charge in [-0.1, -0.05) is 29.4 Å². The van der Waals surface area contributed by atoms with Gasteiger partial charge in [0.05, 0.1) is 50.5 Å². The SMILES string of the molecule is COc1cc([C@H]2CC(=O)N3CN(c4cccc(Cl)c4)CSC3=C2C#N)cc(OC)c1OC. The Kier molecular flexibility index (Phi) is 6.40. The highest BCUT2D eigenvalue weighted by Crippen LogP contribution is 2.47. The molecule has 0 aromatic heterocycles. The van der Waals surface area contributed by atoms with Gasteiger partial charge < -0.3 is 19.1 Å². The Balaban J connectivity index is 1.71. The quantitative estimate of drug-likeness (QED) is 0.631. The zero-order chi connectivity index (χ0) is 22.8. The summed E-state index contributed by atoms with van der Waals surface area (Å²) < 4.78 is 16.3. The highest BCUT2D eigenvalue weighted by molar-refractivity contribution is 8.03. The van der Waals surface area contributed by atoms with E-state index in [4.69, 9.17) is 25.8 Å². The van der Waals surface area contributed by atoms with Crippen molar-refractivity contribution in [3.05, 3.63) is 57.6 Å². The number of rotatable bonds is 5. The predicted molar refractivity (Wildman–Crippen MR) is 124 cm³/mol. The van der Waals surface area contributed by atoms with Crippen molar-refractivity contribution in [3.8, 4) is 23.3 Å². The summed E-state index contributed by atoms with van der Waals surface area (Å²) in [4.78, 5) is 16.9. The normalized spacial score (nSPS) is 18.2. The number of hydrogen-bond donors (Lipinski definition) is 0. The molecule has 1 fully saturated rings. The second-order valence-electron chi connectivity index (χ2n) is 7.30. The van der Waals surface area contributed by atoms with Crippen LogP contribution in [0, 0.1) is 11.3 Å². The summed E-state index contributed by atoms with van der Waals surface area (Å²) >= 11 is 7.61. The van der Waals surface area contributed by atoms with E-state index in [-0.39, 0.29) is 12.3 Å². The lowest BCUT2D eigenvalue weighted by Crippen LogP contribution is -2.47. The van der Waals surface area contributed by atoms with E-state index in [9.17, 15) is 10.1 Å². The standard InChI is InChI=1S/C23H22ClN3O4S/c1-29-19-7-14(8-20(30-2)22(19)31-3)17-10-21(28)27-12-26(13-32-23(27)18(17)11-25)16-6-4-5-15(24)9-16/h4-9,17H,10,12-13H2,1-3H3/t17-/m1/s1. The fourth-order valence-electron chi connectivity index (χ4n) is 3.99. The fraction of sp³-hybridized carbons (Fsp3) is 0.304. The molecule has 1 amide bonds. The molecule has 0 spiro atoms. The number of thioether (sulfide) groups is 1. The van der Waals surface area contributed by atoms with E-state index in [2.05, 4.69) is 11.0 Å². The van der Waals surface area contributed by atoms with Crippen LogP contribution >= 0.6 is 23.4 Å². The van der Waals surface area contributed by atoms with Crippen LogP contribution in [-0.4, -0.2) is 44.7 Å². The molecule has 1 saturated heterocycles. The maximum Gasteiger partial charge on any atom is 0.229 e. The van der Waals surface area contributed by atoms with Crippen LogP contribution in [0.3, 0.4) is 0 Å². The van der Waals surface area contributed by atoms with Crippen LogP contribution in [0.1, 0.15) is 17.9 Å².